The summed E-state index contributed by atoms with van der Waals surface area (Å²) >= 11 is 1.59. The van der Waals surface area contributed by atoms with Crippen molar-refractivity contribution in [2.24, 2.45) is 10.1 Å². The van der Waals surface area contributed by atoms with Crippen LogP contribution in [0.2, 0.25) is 0 Å². The van der Waals surface area contributed by atoms with Gasteiger partial charge in [-0.25, -0.2) is 23.5 Å². The van der Waals surface area contributed by atoms with Crippen molar-refractivity contribution in [3.63, 3.8) is 0 Å². The molecule has 9 nitrogen and oxygen atoms in total. The monoisotopic (exact) mass is 438 g/mol. The number of aliphatic imine (C=N–C) groups is 1. The highest BCUT2D eigenvalue weighted by Gasteiger charge is 2.11. The van der Waals surface area contributed by atoms with Crippen LogP contribution in [0.5, 0.6) is 0 Å². The van der Waals surface area contributed by atoms with Crippen molar-refractivity contribution in [1.29, 1.82) is 0 Å². The largest absolute Gasteiger partial charge is 0.356 e. The van der Waals surface area contributed by atoms with Gasteiger partial charge in [0.15, 0.2) is 5.96 Å². The van der Waals surface area contributed by atoms with Crippen molar-refractivity contribution in [1.82, 2.24) is 20.5 Å². The molecule has 0 aliphatic rings. The number of hydrogen-bond acceptors (Lipinski definition) is 6. The van der Waals surface area contributed by atoms with E-state index in [1.165, 1.54) is 17.0 Å². The van der Waals surface area contributed by atoms with Crippen molar-refractivity contribution in [2.75, 3.05) is 27.2 Å². The number of hydrogen-bond donors (Lipinski definition) is 3. The molecule has 0 aliphatic heterocycles. The second-order valence-corrected chi connectivity index (χ2v) is 9.14. The van der Waals surface area contributed by atoms with Crippen LogP contribution >= 0.6 is 11.3 Å². The maximum atomic E-state index is 11.9. The molecule has 0 bridgehead atoms. The first-order valence-electron chi connectivity index (χ1n) is 8.90. The zero-order chi connectivity index (χ0) is 21.4. The summed E-state index contributed by atoms with van der Waals surface area (Å²) < 4.78 is 22.7. The summed E-state index contributed by atoms with van der Waals surface area (Å²) in [7, 11) is -0.352. The molecule has 0 saturated heterocycles. The third-order valence-corrected chi connectivity index (χ3v) is 5.96. The first-order chi connectivity index (χ1) is 13.7. The number of carbonyl (C=O) groups is 1. The number of aromatic nitrogens is 1. The number of thiazole rings is 1. The fourth-order valence-corrected chi connectivity index (χ4v) is 3.48. The van der Waals surface area contributed by atoms with E-state index in [1.54, 1.807) is 43.8 Å². The minimum Gasteiger partial charge on any atom is -0.356 e. The van der Waals surface area contributed by atoms with Gasteiger partial charge in [0.1, 0.15) is 0 Å². The second kappa shape index (κ2) is 10.3. The maximum Gasteiger partial charge on any atom is 0.241 e. The summed E-state index contributed by atoms with van der Waals surface area (Å²) in [5, 5.41) is 14.3. The summed E-state index contributed by atoms with van der Waals surface area (Å²) in [6.45, 7) is 3.07. The smallest absolute Gasteiger partial charge is 0.241 e. The average molecular weight is 439 g/mol. The van der Waals surface area contributed by atoms with Crippen molar-refractivity contribution < 1.29 is 13.2 Å². The van der Waals surface area contributed by atoms with E-state index in [9.17, 15) is 13.2 Å². The molecular weight excluding hydrogens is 412 g/mol. The number of benzene rings is 1. The lowest BCUT2D eigenvalue weighted by Crippen LogP contribution is -2.43. The Kier molecular flexibility index (Phi) is 8.11. The topological polar surface area (TPSA) is 130 Å². The summed E-state index contributed by atoms with van der Waals surface area (Å²) in [5.41, 5.74) is 0.811. The molecule has 0 saturated carbocycles. The van der Waals surface area contributed by atoms with Crippen molar-refractivity contribution in [3.05, 3.63) is 46.4 Å². The van der Waals surface area contributed by atoms with E-state index in [1.807, 2.05) is 5.38 Å². The van der Waals surface area contributed by atoms with Gasteiger partial charge >= 0.3 is 0 Å². The average Bonchev–Trinajstić information content (AvgIpc) is 3.21. The molecule has 2 rings (SSSR count). The van der Waals surface area contributed by atoms with Gasteiger partial charge in [0.2, 0.25) is 15.9 Å². The molecule has 1 aromatic carbocycles. The van der Waals surface area contributed by atoms with Gasteiger partial charge in [-0.3, -0.25) is 4.79 Å². The molecule has 0 aliphatic carbocycles. The molecular formula is C18H26N6O3S2. The quantitative estimate of drug-likeness (QED) is 0.411. The third-order valence-electron chi connectivity index (χ3n) is 4.03. The minimum absolute atomic E-state index is 0.0514. The van der Waals surface area contributed by atoms with E-state index >= 15 is 0 Å². The van der Waals surface area contributed by atoms with Crippen LogP contribution in [0.1, 0.15) is 23.4 Å². The number of nitrogens with zero attached hydrogens (tertiary/aromatic N) is 3. The Morgan fingerprint density at radius 3 is 2.52 bits per heavy atom. The molecule has 0 spiro atoms. The van der Waals surface area contributed by atoms with E-state index in [4.69, 9.17) is 5.14 Å². The fourth-order valence-electron chi connectivity index (χ4n) is 2.26. The normalized spacial score (nSPS) is 13.0. The van der Waals surface area contributed by atoms with Gasteiger partial charge in [0, 0.05) is 38.1 Å². The number of likely N-dealkylation sites (N-methyl/N-ethyl adjacent to an activating group) is 1. The van der Waals surface area contributed by atoms with Crippen LogP contribution in [0.3, 0.4) is 0 Å². The zero-order valence-corrected chi connectivity index (χ0v) is 18.3. The molecule has 4 N–H and O–H groups in total. The first-order valence-corrected chi connectivity index (χ1v) is 11.3. The molecule has 1 unspecified atom stereocenters. The van der Waals surface area contributed by atoms with E-state index in [0.717, 1.165) is 10.6 Å². The van der Waals surface area contributed by atoms with Crippen molar-refractivity contribution in [3.8, 4) is 0 Å². The Labute approximate surface area is 175 Å². The number of guanidine groups is 1. The molecule has 0 radical (unpaired) electrons. The van der Waals surface area contributed by atoms with Crippen LogP contribution in [-0.2, 0) is 21.4 Å². The maximum absolute atomic E-state index is 11.9. The summed E-state index contributed by atoms with van der Waals surface area (Å²) in [4.78, 5) is 22.2. The van der Waals surface area contributed by atoms with E-state index in [-0.39, 0.29) is 23.3 Å². The highest BCUT2D eigenvalue weighted by molar-refractivity contribution is 7.89. The first kappa shape index (κ1) is 22.8. The molecule has 0 fully saturated rings. The van der Waals surface area contributed by atoms with Crippen LogP contribution < -0.4 is 15.8 Å². The van der Waals surface area contributed by atoms with E-state index in [0.29, 0.717) is 19.0 Å². The number of sulfonamides is 1. The highest BCUT2D eigenvalue weighted by Crippen LogP contribution is 2.16. The van der Waals surface area contributed by atoms with Gasteiger partial charge in [-0.2, -0.15) is 0 Å². The molecule has 11 heteroatoms. The second-order valence-electron chi connectivity index (χ2n) is 6.65. The lowest BCUT2D eigenvalue weighted by molar-refractivity contribution is -0.127. The van der Waals surface area contributed by atoms with Gasteiger partial charge in [0.25, 0.3) is 0 Å². The van der Waals surface area contributed by atoms with Gasteiger partial charge in [-0.15, -0.1) is 11.3 Å². The summed E-state index contributed by atoms with van der Waals surface area (Å²) in [5.74, 6) is 0.588. The number of nitrogens with two attached hydrogens (primary N) is 1. The molecule has 2 aromatic rings. The van der Waals surface area contributed by atoms with Gasteiger partial charge < -0.3 is 15.5 Å². The predicted molar refractivity (Wildman–Crippen MR) is 114 cm³/mol. The lowest BCUT2D eigenvalue weighted by atomic mass is 10.2. The highest BCUT2D eigenvalue weighted by atomic mass is 32.2. The molecule has 1 amide bonds. The van der Waals surface area contributed by atoms with Crippen LogP contribution in [0.25, 0.3) is 0 Å². The van der Waals surface area contributed by atoms with Crippen LogP contribution in [0.4, 0.5) is 0 Å². The molecule has 158 valence electrons. The number of rotatable bonds is 8. The Balaban J connectivity index is 2.05. The summed E-state index contributed by atoms with van der Waals surface area (Å²) in [6, 6.07) is 6.20. The number of amides is 1. The number of primary sulfonamides is 1. The number of carbonyl (C=O) groups excluding carboxylic acids is 1. The Morgan fingerprint density at radius 1 is 1.28 bits per heavy atom. The standard InChI is InChI=1S/C18H26N6O3S2/c1-13(17-20-8-9-28-17)10-21-18(23-12-16(25)24(2)3)22-11-14-4-6-15(7-5-14)29(19,26)27/h4-9,13H,10-12H2,1-3H3,(H2,19,26,27)(H2,21,22,23). The fraction of sp³-hybridized carbons (Fsp3) is 0.389. The Hall–Kier alpha value is -2.50. The molecule has 1 aromatic heterocycles. The van der Waals surface area contributed by atoms with Gasteiger partial charge in [-0.05, 0) is 17.7 Å². The lowest BCUT2D eigenvalue weighted by Gasteiger charge is -2.16. The minimum atomic E-state index is -3.72. The van der Waals surface area contributed by atoms with Crippen molar-refractivity contribution >= 4 is 33.2 Å². The zero-order valence-electron chi connectivity index (χ0n) is 16.6. The number of nitrogens with one attached hydrogen (secondary N) is 2. The van der Waals surface area contributed by atoms with Gasteiger partial charge in [0.05, 0.1) is 23.0 Å². The Morgan fingerprint density at radius 2 is 1.97 bits per heavy atom. The van der Waals surface area contributed by atoms with Crippen LogP contribution in [-0.4, -0.2) is 57.4 Å². The van der Waals surface area contributed by atoms with Gasteiger partial charge in [-0.1, -0.05) is 19.1 Å². The van der Waals surface area contributed by atoms with Crippen LogP contribution in [0, 0.1) is 0 Å². The molecule has 1 atom stereocenters. The third kappa shape index (κ3) is 7.44. The molecule has 1 heterocycles. The molecule has 29 heavy (non-hydrogen) atoms. The summed E-state index contributed by atoms with van der Waals surface area (Å²) in [6.07, 6.45) is 1.77. The van der Waals surface area contributed by atoms with E-state index in [2.05, 4.69) is 27.5 Å². The predicted octanol–water partition coefficient (Wildman–Crippen LogP) is 0.718. The van der Waals surface area contributed by atoms with Crippen molar-refractivity contribution in [2.45, 2.75) is 24.3 Å². The van der Waals surface area contributed by atoms with E-state index < -0.39 is 10.0 Å². The Bertz CT molecular complexity index is 925. The SMILES string of the molecule is CC(CNC(=NCc1ccc(S(N)(=O)=O)cc1)NCC(=O)N(C)C)c1nccs1. The van der Waals surface area contributed by atoms with Crippen LogP contribution in [0.15, 0.2) is 45.7 Å².